The van der Waals surface area contributed by atoms with Gasteiger partial charge in [-0.1, -0.05) is 30.3 Å². The van der Waals surface area contributed by atoms with Gasteiger partial charge in [-0.05, 0) is 54.2 Å². The van der Waals surface area contributed by atoms with E-state index >= 15 is 0 Å². The van der Waals surface area contributed by atoms with Gasteiger partial charge >= 0.3 is 0 Å². The minimum Gasteiger partial charge on any atom is -0.490 e. The van der Waals surface area contributed by atoms with E-state index in [1.165, 1.54) is 5.56 Å². The summed E-state index contributed by atoms with van der Waals surface area (Å²) < 4.78 is 11.8. The third kappa shape index (κ3) is 6.61. The predicted octanol–water partition coefficient (Wildman–Crippen LogP) is 4.24. The molecular formula is C21H23BrN2O3. The van der Waals surface area contributed by atoms with Crippen LogP contribution in [0.15, 0.2) is 46.9 Å². The van der Waals surface area contributed by atoms with Crippen LogP contribution in [0.1, 0.15) is 31.4 Å². The molecule has 1 N–H and O–H groups in total. The normalized spacial score (nSPS) is 11.3. The van der Waals surface area contributed by atoms with Crippen LogP contribution in [0.5, 0.6) is 11.5 Å². The molecule has 0 spiro atoms. The van der Waals surface area contributed by atoms with Crippen LogP contribution >= 0.6 is 15.9 Å². The fraction of sp³-hybridized carbons (Fsp3) is 0.333. The van der Waals surface area contributed by atoms with E-state index in [1.807, 2.05) is 32.0 Å². The zero-order valence-corrected chi connectivity index (χ0v) is 17.1. The first-order valence-electron chi connectivity index (χ1n) is 8.86. The molecule has 0 aliphatic carbocycles. The first-order valence-corrected chi connectivity index (χ1v) is 9.65. The molecule has 1 amide bonds. The zero-order chi connectivity index (χ0) is 19.6. The van der Waals surface area contributed by atoms with Crippen LogP contribution in [0.25, 0.3) is 0 Å². The molecular weight excluding hydrogens is 408 g/mol. The molecule has 0 saturated carbocycles. The number of nitrogens with one attached hydrogen (secondary N) is 1. The van der Waals surface area contributed by atoms with Gasteiger partial charge in [0.05, 0.1) is 22.7 Å². The third-order valence-electron chi connectivity index (χ3n) is 3.90. The molecule has 2 aromatic carbocycles. The fourth-order valence-corrected chi connectivity index (χ4v) is 3.15. The van der Waals surface area contributed by atoms with Gasteiger partial charge in [0, 0.05) is 12.1 Å². The van der Waals surface area contributed by atoms with Gasteiger partial charge in [0.2, 0.25) is 0 Å². The van der Waals surface area contributed by atoms with Crippen molar-refractivity contribution in [1.82, 2.24) is 5.32 Å². The van der Waals surface area contributed by atoms with Crippen molar-refractivity contribution in [3.05, 3.63) is 58.1 Å². The largest absolute Gasteiger partial charge is 0.490 e. The lowest BCUT2D eigenvalue weighted by Crippen LogP contribution is -2.36. The van der Waals surface area contributed by atoms with Crippen molar-refractivity contribution in [2.24, 2.45) is 0 Å². The first-order chi connectivity index (χ1) is 13.0. The van der Waals surface area contributed by atoms with Gasteiger partial charge in [0.25, 0.3) is 5.91 Å². The lowest BCUT2D eigenvalue weighted by atomic mass is 10.1. The van der Waals surface area contributed by atoms with E-state index in [-0.39, 0.29) is 18.6 Å². The smallest absolute Gasteiger partial charge is 0.258 e. The summed E-state index contributed by atoms with van der Waals surface area (Å²) in [5, 5.41) is 12.0. The highest BCUT2D eigenvalue weighted by Gasteiger charge is 2.15. The molecule has 2 rings (SSSR count). The number of benzene rings is 2. The standard InChI is InChI=1S/C21H23BrN2O3/c1-3-26-19-12-17(13-23)11-18(22)21(19)27-14-20(25)24-15(2)9-10-16-7-5-4-6-8-16/h4-8,11-12,15H,3,9-10,14H2,1-2H3,(H,24,25). The number of nitrogens with zero attached hydrogens (tertiary/aromatic N) is 1. The lowest BCUT2D eigenvalue weighted by Gasteiger charge is -2.16. The average molecular weight is 431 g/mol. The van der Waals surface area contributed by atoms with Crippen LogP contribution in [0, 0.1) is 11.3 Å². The summed E-state index contributed by atoms with van der Waals surface area (Å²) in [6.45, 7) is 4.13. The summed E-state index contributed by atoms with van der Waals surface area (Å²) in [6.07, 6.45) is 1.75. The Bertz CT molecular complexity index is 803. The maximum absolute atomic E-state index is 12.2. The maximum atomic E-state index is 12.2. The molecule has 1 atom stereocenters. The molecule has 0 aromatic heterocycles. The summed E-state index contributed by atoms with van der Waals surface area (Å²) >= 11 is 3.37. The Hall–Kier alpha value is -2.52. The third-order valence-corrected chi connectivity index (χ3v) is 4.49. The monoisotopic (exact) mass is 430 g/mol. The number of hydrogen-bond acceptors (Lipinski definition) is 4. The summed E-state index contributed by atoms with van der Waals surface area (Å²) in [7, 11) is 0. The molecule has 0 saturated heterocycles. The molecule has 0 radical (unpaired) electrons. The molecule has 27 heavy (non-hydrogen) atoms. The van der Waals surface area contributed by atoms with Crippen LogP contribution in [-0.2, 0) is 11.2 Å². The number of halogens is 1. The molecule has 0 aliphatic rings. The Morgan fingerprint density at radius 2 is 2.00 bits per heavy atom. The molecule has 0 fully saturated rings. The van der Waals surface area contributed by atoms with Gasteiger partial charge in [-0.15, -0.1) is 0 Å². The number of carbonyl (C=O) groups is 1. The van der Waals surface area contributed by atoms with Crippen molar-refractivity contribution in [2.75, 3.05) is 13.2 Å². The Morgan fingerprint density at radius 3 is 2.67 bits per heavy atom. The summed E-state index contributed by atoms with van der Waals surface area (Å²) in [5.41, 5.74) is 1.70. The topological polar surface area (TPSA) is 71.3 Å². The van der Waals surface area contributed by atoms with E-state index in [1.54, 1.807) is 12.1 Å². The van der Waals surface area contributed by atoms with Crippen LogP contribution in [0.4, 0.5) is 0 Å². The molecule has 2 aromatic rings. The number of aryl methyl sites for hydroxylation is 1. The van der Waals surface area contributed by atoms with Gasteiger partial charge in [0.15, 0.2) is 18.1 Å². The number of hydrogen-bond donors (Lipinski definition) is 1. The predicted molar refractivity (Wildman–Crippen MR) is 108 cm³/mol. The molecule has 0 heterocycles. The van der Waals surface area contributed by atoms with Crippen molar-refractivity contribution >= 4 is 21.8 Å². The van der Waals surface area contributed by atoms with Gasteiger partial charge in [-0.25, -0.2) is 0 Å². The Labute approximate surface area is 168 Å². The number of ether oxygens (including phenoxy) is 2. The average Bonchev–Trinajstić information content (AvgIpc) is 2.66. The minimum atomic E-state index is -0.200. The van der Waals surface area contributed by atoms with Crippen molar-refractivity contribution in [2.45, 2.75) is 32.7 Å². The van der Waals surface area contributed by atoms with Crippen molar-refractivity contribution in [1.29, 1.82) is 5.26 Å². The number of nitriles is 1. The summed E-state index contributed by atoms with van der Waals surface area (Å²) in [4.78, 5) is 12.2. The molecule has 5 nitrogen and oxygen atoms in total. The van der Waals surface area contributed by atoms with E-state index < -0.39 is 0 Å². The van der Waals surface area contributed by atoms with Crippen LogP contribution in [0.3, 0.4) is 0 Å². The quantitative estimate of drug-likeness (QED) is 0.645. The summed E-state index contributed by atoms with van der Waals surface area (Å²) in [5.74, 6) is 0.658. The number of rotatable bonds is 9. The van der Waals surface area contributed by atoms with E-state index in [2.05, 4.69) is 39.4 Å². The Morgan fingerprint density at radius 1 is 1.26 bits per heavy atom. The van der Waals surface area contributed by atoms with Crippen LogP contribution in [-0.4, -0.2) is 25.2 Å². The van der Waals surface area contributed by atoms with E-state index in [4.69, 9.17) is 14.7 Å². The second-order valence-corrected chi connectivity index (χ2v) is 6.97. The molecule has 142 valence electrons. The second kappa shape index (κ2) is 10.6. The zero-order valence-electron chi connectivity index (χ0n) is 15.5. The first kappa shape index (κ1) is 20.8. The van der Waals surface area contributed by atoms with Crippen molar-refractivity contribution in [3.8, 4) is 17.6 Å². The van der Waals surface area contributed by atoms with Gasteiger partial charge in [-0.3, -0.25) is 4.79 Å². The van der Waals surface area contributed by atoms with E-state index in [0.29, 0.717) is 28.1 Å². The van der Waals surface area contributed by atoms with Crippen LogP contribution in [0.2, 0.25) is 0 Å². The molecule has 1 unspecified atom stereocenters. The Balaban J connectivity index is 1.88. The lowest BCUT2D eigenvalue weighted by molar-refractivity contribution is -0.123. The molecule has 0 aliphatic heterocycles. The summed E-state index contributed by atoms with van der Waals surface area (Å²) in [6, 6.07) is 15.5. The molecule has 0 bridgehead atoms. The van der Waals surface area contributed by atoms with E-state index in [9.17, 15) is 4.79 Å². The highest BCUT2D eigenvalue weighted by atomic mass is 79.9. The Kier molecular flexibility index (Phi) is 8.15. The SMILES string of the molecule is CCOc1cc(C#N)cc(Br)c1OCC(=O)NC(C)CCc1ccccc1. The highest BCUT2D eigenvalue weighted by Crippen LogP contribution is 2.36. The van der Waals surface area contributed by atoms with Crippen molar-refractivity contribution < 1.29 is 14.3 Å². The second-order valence-electron chi connectivity index (χ2n) is 6.11. The fourth-order valence-electron chi connectivity index (χ4n) is 2.59. The minimum absolute atomic E-state index is 0.0390. The van der Waals surface area contributed by atoms with E-state index in [0.717, 1.165) is 12.8 Å². The van der Waals surface area contributed by atoms with Gasteiger partial charge in [0.1, 0.15) is 0 Å². The number of amides is 1. The maximum Gasteiger partial charge on any atom is 0.258 e. The highest BCUT2D eigenvalue weighted by molar-refractivity contribution is 9.10. The van der Waals surface area contributed by atoms with Gasteiger partial charge in [-0.2, -0.15) is 5.26 Å². The van der Waals surface area contributed by atoms with Crippen LogP contribution < -0.4 is 14.8 Å². The van der Waals surface area contributed by atoms with Crippen molar-refractivity contribution in [3.63, 3.8) is 0 Å². The molecule has 6 heteroatoms. The number of carbonyl (C=O) groups excluding carboxylic acids is 1. The van der Waals surface area contributed by atoms with Gasteiger partial charge < -0.3 is 14.8 Å².